The third-order valence-electron chi connectivity index (χ3n) is 5.13. The summed E-state index contributed by atoms with van der Waals surface area (Å²) in [6.45, 7) is 0.756. The van der Waals surface area contributed by atoms with Crippen molar-refractivity contribution in [3.8, 4) is 5.75 Å². The van der Waals surface area contributed by atoms with Crippen molar-refractivity contribution in [1.82, 2.24) is 10.6 Å². The molecule has 2 amide bonds. The van der Waals surface area contributed by atoms with Crippen LogP contribution in [0, 0.1) is 10.1 Å². The minimum atomic E-state index is -0.545. The average molecular weight is 427 g/mol. The normalized spacial score (nSPS) is 16.8. The first-order chi connectivity index (χ1) is 13.5. The van der Waals surface area contributed by atoms with E-state index in [0.717, 1.165) is 0 Å². The fraction of sp³-hybridized carbons (Fsp3) is 0.579. The summed E-state index contributed by atoms with van der Waals surface area (Å²) in [5.74, 6) is -0.358. The van der Waals surface area contributed by atoms with Gasteiger partial charge in [0.1, 0.15) is 12.3 Å². The number of nitro benzene ring substituents is 1. The van der Waals surface area contributed by atoms with Crippen LogP contribution in [0.1, 0.15) is 38.5 Å². The number of rotatable bonds is 7. The number of benzene rings is 1. The zero-order valence-electron chi connectivity index (χ0n) is 16.2. The van der Waals surface area contributed by atoms with Crippen LogP contribution >= 0.6 is 12.4 Å². The summed E-state index contributed by atoms with van der Waals surface area (Å²) in [4.78, 5) is 36.2. The first-order valence-corrected chi connectivity index (χ1v) is 9.76. The van der Waals surface area contributed by atoms with Crippen LogP contribution in [0.5, 0.6) is 5.75 Å². The van der Waals surface area contributed by atoms with Crippen molar-refractivity contribution in [2.24, 2.45) is 0 Å². The van der Waals surface area contributed by atoms with E-state index in [1.165, 1.54) is 61.6 Å². The van der Waals surface area contributed by atoms with Gasteiger partial charge in [-0.05, 0) is 18.9 Å². The van der Waals surface area contributed by atoms with E-state index in [2.05, 4.69) is 10.6 Å². The second kappa shape index (κ2) is 11.0. The Morgan fingerprint density at radius 2 is 1.93 bits per heavy atom. The summed E-state index contributed by atoms with van der Waals surface area (Å²) in [7, 11) is 0. The van der Waals surface area contributed by atoms with Crippen molar-refractivity contribution in [2.45, 2.75) is 44.6 Å². The summed E-state index contributed by atoms with van der Waals surface area (Å²) in [5, 5.41) is 17.3. The number of nitrogens with one attached hydrogen (secondary N) is 2. The molecule has 1 aromatic carbocycles. The van der Waals surface area contributed by atoms with Crippen molar-refractivity contribution in [2.75, 3.05) is 31.1 Å². The quantitative estimate of drug-likeness (QED) is 0.299. The molecule has 29 heavy (non-hydrogen) atoms. The molecule has 160 valence electrons. The Morgan fingerprint density at radius 1 is 1.21 bits per heavy atom. The van der Waals surface area contributed by atoms with Crippen molar-refractivity contribution < 1.29 is 19.2 Å². The van der Waals surface area contributed by atoms with Crippen LogP contribution in [0.25, 0.3) is 0 Å². The Hall–Kier alpha value is -2.39. The molecule has 0 unspecified atom stereocenters. The van der Waals surface area contributed by atoms with Crippen molar-refractivity contribution >= 4 is 35.6 Å². The Labute approximate surface area is 175 Å². The van der Waals surface area contributed by atoms with Crippen LogP contribution in [0.4, 0.5) is 11.4 Å². The van der Waals surface area contributed by atoms with E-state index in [0.29, 0.717) is 24.9 Å². The van der Waals surface area contributed by atoms with Crippen molar-refractivity contribution in [3.05, 3.63) is 28.3 Å². The van der Waals surface area contributed by atoms with E-state index in [4.69, 9.17) is 4.74 Å². The molecule has 9 nitrogen and oxygen atoms in total. The minimum Gasteiger partial charge on any atom is -0.482 e. The summed E-state index contributed by atoms with van der Waals surface area (Å²) in [6, 6.07) is 4.52. The predicted octanol–water partition coefficient (Wildman–Crippen LogP) is 2.17. The van der Waals surface area contributed by atoms with E-state index in [-0.39, 0.29) is 42.8 Å². The molecule has 2 N–H and O–H groups in total. The predicted molar refractivity (Wildman–Crippen MR) is 111 cm³/mol. The highest BCUT2D eigenvalue weighted by Gasteiger charge is 2.29. The molecule has 1 aliphatic heterocycles. The minimum absolute atomic E-state index is 0. The SMILES string of the molecule is Cl.O=C(CN1C(=O)COc2ccc([N+](=O)[O-])cc21)NCCNC1CCCCCC1. The van der Waals surface area contributed by atoms with Crippen LogP contribution in [-0.2, 0) is 9.59 Å². The van der Waals surface area contributed by atoms with Crippen molar-refractivity contribution in [3.63, 3.8) is 0 Å². The second-order valence-corrected chi connectivity index (χ2v) is 7.17. The molecule has 1 aromatic rings. The van der Waals surface area contributed by atoms with Gasteiger partial charge in [-0.1, -0.05) is 25.7 Å². The lowest BCUT2D eigenvalue weighted by atomic mass is 10.1. The van der Waals surface area contributed by atoms with Crippen molar-refractivity contribution in [1.29, 1.82) is 0 Å². The van der Waals surface area contributed by atoms with E-state index in [1.807, 2.05) is 0 Å². The van der Waals surface area contributed by atoms with Gasteiger partial charge in [-0.25, -0.2) is 0 Å². The molecule has 1 aliphatic carbocycles. The number of fused-ring (bicyclic) bond motifs is 1. The van der Waals surface area contributed by atoms with Gasteiger partial charge < -0.3 is 15.4 Å². The highest BCUT2D eigenvalue weighted by atomic mass is 35.5. The first kappa shape index (κ1) is 22.9. The number of halogens is 1. The summed E-state index contributed by atoms with van der Waals surface area (Å²) in [6.07, 6.45) is 7.42. The summed E-state index contributed by atoms with van der Waals surface area (Å²) < 4.78 is 5.30. The van der Waals surface area contributed by atoms with E-state index >= 15 is 0 Å². The molecule has 1 fully saturated rings. The molecule has 0 saturated heterocycles. The zero-order valence-corrected chi connectivity index (χ0v) is 17.0. The smallest absolute Gasteiger partial charge is 0.271 e. The molecule has 0 atom stereocenters. The summed E-state index contributed by atoms with van der Waals surface area (Å²) in [5.41, 5.74) is 0.0900. The lowest BCUT2D eigenvalue weighted by Gasteiger charge is -2.28. The standard InChI is InChI=1S/C19H26N4O5.ClH/c24-18(21-10-9-20-14-5-3-1-2-4-6-14)12-22-16-11-15(23(26)27)7-8-17(16)28-13-19(22)25;/h7-8,11,14,20H,1-6,9-10,12-13H2,(H,21,24);1H. The van der Waals surface area contributed by atoms with Gasteiger partial charge in [0.15, 0.2) is 6.61 Å². The monoisotopic (exact) mass is 426 g/mol. The maximum Gasteiger partial charge on any atom is 0.271 e. The Balaban J connectivity index is 0.00000300. The van der Waals surface area contributed by atoms with Crippen LogP contribution in [-0.4, -0.2) is 49.0 Å². The molecule has 3 rings (SSSR count). The Bertz CT molecular complexity index is 737. The van der Waals surface area contributed by atoms with Gasteiger partial charge in [0.2, 0.25) is 5.91 Å². The Morgan fingerprint density at radius 3 is 2.62 bits per heavy atom. The number of nitrogens with zero attached hydrogens (tertiary/aromatic N) is 2. The number of ether oxygens (including phenoxy) is 1. The van der Waals surface area contributed by atoms with Crippen LogP contribution < -0.4 is 20.3 Å². The highest BCUT2D eigenvalue weighted by molar-refractivity contribution is 6.02. The lowest BCUT2D eigenvalue weighted by Crippen LogP contribution is -2.46. The fourth-order valence-electron chi connectivity index (χ4n) is 3.64. The number of carbonyl (C=O) groups excluding carboxylic acids is 2. The van der Waals surface area contributed by atoms with E-state index in [9.17, 15) is 19.7 Å². The van der Waals surface area contributed by atoms with E-state index < -0.39 is 10.8 Å². The van der Waals surface area contributed by atoms with Gasteiger partial charge in [-0.3, -0.25) is 24.6 Å². The largest absolute Gasteiger partial charge is 0.482 e. The molecule has 0 bridgehead atoms. The number of amides is 2. The molecule has 0 aromatic heterocycles. The maximum absolute atomic E-state index is 12.3. The van der Waals surface area contributed by atoms with Crippen LogP contribution in [0.15, 0.2) is 18.2 Å². The van der Waals surface area contributed by atoms with E-state index in [1.54, 1.807) is 0 Å². The second-order valence-electron chi connectivity index (χ2n) is 7.17. The van der Waals surface area contributed by atoms with Gasteiger partial charge in [0.05, 0.1) is 10.6 Å². The number of hydrogen-bond acceptors (Lipinski definition) is 6. The van der Waals surface area contributed by atoms with Gasteiger partial charge in [-0.2, -0.15) is 0 Å². The number of hydrogen-bond donors (Lipinski definition) is 2. The number of nitro groups is 1. The van der Waals surface area contributed by atoms with Gasteiger partial charge in [0, 0.05) is 31.3 Å². The molecule has 10 heteroatoms. The fourth-order valence-corrected chi connectivity index (χ4v) is 3.64. The maximum atomic E-state index is 12.3. The van der Waals surface area contributed by atoms with Crippen LogP contribution in [0.2, 0.25) is 0 Å². The van der Waals surface area contributed by atoms with Gasteiger partial charge in [0.25, 0.3) is 11.6 Å². The third kappa shape index (κ3) is 6.30. The van der Waals surface area contributed by atoms with Gasteiger partial charge >= 0.3 is 0 Å². The molecular formula is C19H27ClN4O5. The molecule has 1 heterocycles. The Kier molecular flexibility index (Phi) is 8.66. The molecule has 2 aliphatic rings. The number of non-ortho nitro benzene ring substituents is 1. The average Bonchev–Trinajstić information content (AvgIpc) is 2.96. The molecule has 0 radical (unpaired) electrons. The van der Waals surface area contributed by atoms with Crippen LogP contribution in [0.3, 0.4) is 0 Å². The molecular weight excluding hydrogens is 400 g/mol. The number of carbonyl (C=O) groups is 2. The first-order valence-electron chi connectivity index (χ1n) is 9.76. The zero-order chi connectivity index (χ0) is 19.9. The summed E-state index contributed by atoms with van der Waals surface area (Å²) >= 11 is 0. The molecule has 1 saturated carbocycles. The lowest BCUT2D eigenvalue weighted by molar-refractivity contribution is -0.384. The highest BCUT2D eigenvalue weighted by Crippen LogP contribution is 2.35. The third-order valence-corrected chi connectivity index (χ3v) is 5.13. The van der Waals surface area contributed by atoms with Gasteiger partial charge in [-0.15, -0.1) is 12.4 Å². The molecule has 0 spiro atoms. The topological polar surface area (TPSA) is 114 Å². The number of anilines is 1.